The van der Waals surface area contributed by atoms with Gasteiger partial charge in [-0.2, -0.15) is 0 Å². The molecule has 3 rings (SSSR count). The van der Waals surface area contributed by atoms with Crippen LogP contribution in [0.3, 0.4) is 0 Å². The average molecular weight is 549 g/mol. The van der Waals surface area contributed by atoms with Gasteiger partial charge in [0.1, 0.15) is 48.3 Å². The second kappa shape index (κ2) is 12.6. The number of methoxy groups -OCH3 is 1. The number of allylic oxidation sites excluding steroid dienone is 1. The maximum Gasteiger partial charge on any atom is 0.253 e. The molecule has 0 aliphatic carbocycles. The third kappa shape index (κ3) is 7.82. The summed E-state index contributed by atoms with van der Waals surface area (Å²) in [5.74, 6) is -2.89. The predicted octanol–water partition coefficient (Wildman–Crippen LogP) is 2.08. The molecular weight excluding hydrogens is 514 g/mol. The van der Waals surface area contributed by atoms with Gasteiger partial charge in [-0.1, -0.05) is 45.1 Å². The summed E-state index contributed by atoms with van der Waals surface area (Å²) < 4.78 is 38.5. The Morgan fingerprint density at radius 1 is 1.15 bits per heavy atom. The van der Waals surface area contributed by atoms with E-state index in [1.807, 2.05) is 20.8 Å². The molecule has 0 saturated carbocycles. The molecule has 1 aliphatic heterocycles. The third-order valence-corrected chi connectivity index (χ3v) is 6.02. The Balaban J connectivity index is 1.81. The van der Waals surface area contributed by atoms with Gasteiger partial charge in [0.05, 0.1) is 12.2 Å². The number of aliphatic hydroxyl groups is 3. The Hall–Kier alpha value is -3.38. The number of para-hydroxylation sites is 2. The fraction of sp³-hybridized carbons (Fsp3) is 0.429. The first kappa shape index (κ1) is 30.2. The van der Waals surface area contributed by atoms with Crippen molar-refractivity contribution in [3.8, 4) is 5.75 Å². The van der Waals surface area contributed by atoms with Crippen LogP contribution in [0.1, 0.15) is 26.3 Å². The molecule has 11 heteroatoms. The number of benzene rings is 2. The van der Waals surface area contributed by atoms with Gasteiger partial charge in [-0.25, -0.2) is 8.78 Å². The second-order valence-electron chi connectivity index (χ2n) is 10.4. The van der Waals surface area contributed by atoms with Crippen LogP contribution in [0.2, 0.25) is 0 Å². The lowest BCUT2D eigenvalue weighted by Crippen LogP contribution is -2.57. The molecule has 5 atom stereocenters. The number of hydrogen-bond donors (Lipinski definition) is 4. The van der Waals surface area contributed by atoms with E-state index in [1.54, 1.807) is 30.3 Å². The highest BCUT2D eigenvalue weighted by Crippen LogP contribution is 2.32. The van der Waals surface area contributed by atoms with E-state index < -0.39 is 53.9 Å². The lowest BCUT2D eigenvalue weighted by Gasteiger charge is -2.29. The Labute approximate surface area is 225 Å². The van der Waals surface area contributed by atoms with Crippen molar-refractivity contribution in [1.82, 2.24) is 5.32 Å². The van der Waals surface area contributed by atoms with Crippen molar-refractivity contribution in [2.75, 3.05) is 18.6 Å². The standard InChI is InChI=1S/C28H34F2N2O7/c1-28(2,3)10-9-21(33)23(34)24(35)25(38-4)26(36)31-19-15-39-22-8-6-5-7-20(22)32(27(19)37)14-16-11-17(29)13-18(30)12-16/h5-13,19,21,23-25,33-35H,14-15H2,1-4H3,(H,31,36)/t19-,21+,23-,24+,25+/m0/s1. The molecule has 4 N–H and O–H groups in total. The molecule has 2 amide bonds. The van der Waals surface area contributed by atoms with Crippen LogP contribution >= 0.6 is 0 Å². The maximum atomic E-state index is 13.8. The summed E-state index contributed by atoms with van der Waals surface area (Å²) in [5.41, 5.74) is 0.203. The Bertz CT molecular complexity index is 1180. The zero-order chi connectivity index (χ0) is 28.9. The summed E-state index contributed by atoms with van der Waals surface area (Å²) in [4.78, 5) is 27.9. The number of nitrogens with zero attached hydrogens (tertiary/aromatic N) is 1. The predicted molar refractivity (Wildman–Crippen MR) is 139 cm³/mol. The smallest absolute Gasteiger partial charge is 0.253 e. The molecule has 2 aromatic carbocycles. The number of amides is 2. The van der Waals surface area contributed by atoms with E-state index in [0.717, 1.165) is 19.2 Å². The van der Waals surface area contributed by atoms with Crippen molar-refractivity contribution in [1.29, 1.82) is 0 Å². The number of anilines is 1. The summed E-state index contributed by atoms with van der Waals surface area (Å²) in [5, 5.41) is 33.8. The van der Waals surface area contributed by atoms with Crippen molar-refractivity contribution in [2.24, 2.45) is 5.41 Å². The molecule has 39 heavy (non-hydrogen) atoms. The van der Waals surface area contributed by atoms with Crippen LogP contribution < -0.4 is 15.0 Å². The molecular formula is C28H34F2N2O7. The number of rotatable bonds is 9. The van der Waals surface area contributed by atoms with Crippen molar-refractivity contribution < 1.29 is 43.2 Å². The van der Waals surface area contributed by atoms with E-state index in [-0.39, 0.29) is 24.1 Å². The minimum atomic E-state index is -1.85. The van der Waals surface area contributed by atoms with Gasteiger partial charge in [0.15, 0.2) is 6.10 Å². The summed E-state index contributed by atoms with van der Waals surface area (Å²) in [7, 11) is 1.13. The van der Waals surface area contributed by atoms with Crippen LogP contribution in [0.25, 0.3) is 0 Å². The Morgan fingerprint density at radius 2 is 1.79 bits per heavy atom. The number of ether oxygens (including phenoxy) is 2. The van der Waals surface area contributed by atoms with E-state index in [9.17, 15) is 33.7 Å². The normalized spacial score (nSPS) is 19.1. The number of nitrogens with one attached hydrogen (secondary N) is 1. The first-order chi connectivity index (χ1) is 18.3. The minimum Gasteiger partial charge on any atom is -0.489 e. The van der Waals surface area contributed by atoms with Crippen LogP contribution in [0, 0.1) is 17.0 Å². The summed E-state index contributed by atoms with van der Waals surface area (Å²) in [6.45, 7) is 5.12. The SMILES string of the molecule is CO[C@@H](C(=O)N[C@H]1COc2ccccc2N(Cc2cc(F)cc(F)c2)C1=O)[C@H](O)[C@@H](O)[C@H](O)C=CC(C)(C)C. The molecule has 0 unspecified atom stereocenters. The summed E-state index contributed by atoms with van der Waals surface area (Å²) in [6.07, 6.45) is -3.81. The van der Waals surface area contributed by atoms with E-state index in [2.05, 4.69) is 5.32 Å². The zero-order valence-electron chi connectivity index (χ0n) is 22.2. The van der Waals surface area contributed by atoms with Gasteiger partial charge < -0.3 is 35.0 Å². The number of carbonyl (C=O) groups is 2. The third-order valence-electron chi connectivity index (χ3n) is 6.02. The number of halogens is 2. The molecule has 0 radical (unpaired) electrons. The topological polar surface area (TPSA) is 129 Å². The number of hydrogen-bond acceptors (Lipinski definition) is 7. The molecule has 0 spiro atoms. The van der Waals surface area contributed by atoms with Gasteiger partial charge in [-0.3, -0.25) is 9.59 Å². The van der Waals surface area contributed by atoms with Crippen LogP contribution in [-0.2, 0) is 20.9 Å². The van der Waals surface area contributed by atoms with Crippen LogP contribution in [0.4, 0.5) is 14.5 Å². The Kier molecular flexibility index (Phi) is 9.78. The highest BCUT2D eigenvalue weighted by molar-refractivity contribution is 6.01. The second-order valence-corrected chi connectivity index (χ2v) is 10.4. The van der Waals surface area contributed by atoms with Crippen LogP contribution in [0.5, 0.6) is 5.75 Å². The molecule has 0 bridgehead atoms. The van der Waals surface area contributed by atoms with E-state index >= 15 is 0 Å². The number of carbonyl (C=O) groups excluding carboxylic acids is 2. The Morgan fingerprint density at radius 3 is 2.41 bits per heavy atom. The van der Waals surface area contributed by atoms with E-state index in [1.165, 1.54) is 11.0 Å². The first-order valence-corrected chi connectivity index (χ1v) is 12.4. The molecule has 9 nitrogen and oxygen atoms in total. The van der Waals surface area contributed by atoms with Gasteiger partial charge in [0, 0.05) is 13.2 Å². The molecule has 1 aliphatic rings. The fourth-order valence-electron chi connectivity index (χ4n) is 4.04. The summed E-state index contributed by atoms with van der Waals surface area (Å²) >= 11 is 0. The molecule has 0 fully saturated rings. The monoisotopic (exact) mass is 548 g/mol. The molecule has 1 heterocycles. The zero-order valence-corrected chi connectivity index (χ0v) is 22.2. The molecule has 2 aromatic rings. The van der Waals surface area contributed by atoms with Gasteiger partial charge in [0.25, 0.3) is 11.8 Å². The molecule has 0 saturated heterocycles. The first-order valence-electron chi connectivity index (χ1n) is 12.4. The highest BCUT2D eigenvalue weighted by atomic mass is 19.1. The average Bonchev–Trinajstić information content (AvgIpc) is 2.98. The van der Waals surface area contributed by atoms with Crippen LogP contribution in [0.15, 0.2) is 54.6 Å². The van der Waals surface area contributed by atoms with E-state index in [0.29, 0.717) is 17.5 Å². The van der Waals surface area contributed by atoms with Gasteiger partial charge in [-0.15, -0.1) is 0 Å². The lowest BCUT2D eigenvalue weighted by molar-refractivity contribution is -0.150. The van der Waals surface area contributed by atoms with Gasteiger partial charge in [0.2, 0.25) is 0 Å². The van der Waals surface area contributed by atoms with Crippen molar-refractivity contribution in [3.63, 3.8) is 0 Å². The highest BCUT2D eigenvalue weighted by Gasteiger charge is 2.39. The molecule has 212 valence electrons. The van der Waals surface area contributed by atoms with Crippen LogP contribution in [-0.4, -0.2) is 71.3 Å². The van der Waals surface area contributed by atoms with Crippen molar-refractivity contribution in [3.05, 3.63) is 71.8 Å². The number of aliphatic hydroxyl groups excluding tert-OH is 3. The van der Waals surface area contributed by atoms with E-state index in [4.69, 9.17) is 9.47 Å². The van der Waals surface area contributed by atoms with Crippen molar-refractivity contribution in [2.45, 2.75) is 57.8 Å². The fourth-order valence-corrected chi connectivity index (χ4v) is 4.04. The van der Waals surface area contributed by atoms with Gasteiger partial charge in [-0.05, 0) is 35.2 Å². The minimum absolute atomic E-state index is 0.174. The quantitative estimate of drug-likeness (QED) is 0.353. The largest absolute Gasteiger partial charge is 0.489 e. The van der Waals surface area contributed by atoms with Gasteiger partial charge >= 0.3 is 0 Å². The lowest BCUT2D eigenvalue weighted by atomic mass is 9.94. The van der Waals surface area contributed by atoms with Crippen molar-refractivity contribution >= 4 is 17.5 Å². The maximum absolute atomic E-state index is 13.8. The summed E-state index contributed by atoms with van der Waals surface area (Å²) in [6, 6.07) is 8.16. The number of fused-ring (bicyclic) bond motifs is 1. The molecule has 0 aromatic heterocycles.